The second-order valence-corrected chi connectivity index (χ2v) is 8.88. The number of anilines is 1. The third-order valence-electron chi connectivity index (χ3n) is 6.69. The number of ether oxygens (including phenoxy) is 2. The summed E-state index contributed by atoms with van der Waals surface area (Å²) in [5, 5.41) is 0. The fourth-order valence-electron chi connectivity index (χ4n) is 4.91. The molecule has 0 bridgehead atoms. The van der Waals surface area contributed by atoms with E-state index in [1.165, 1.54) is 5.56 Å². The summed E-state index contributed by atoms with van der Waals surface area (Å²) in [6.45, 7) is 4.16. The number of rotatable bonds is 9. The number of hydrogen-bond acceptors (Lipinski definition) is 4. The molecule has 0 N–H and O–H groups in total. The molecule has 1 aromatic heterocycles. The molecule has 5 rings (SSSR count). The fraction of sp³-hybridized carbons (Fsp3) is 0.310. The second-order valence-electron chi connectivity index (χ2n) is 8.88. The van der Waals surface area contributed by atoms with Crippen molar-refractivity contribution in [3.05, 3.63) is 84.2 Å². The van der Waals surface area contributed by atoms with Gasteiger partial charge in [0.25, 0.3) is 0 Å². The Morgan fingerprint density at radius 3 is 2.51 bits per heavy atom. The number of fused-ring (bicyclic) bond motifs is 1. The van der Waals surface area contributed by atoms with Crippen molar-refractivity contribution in [2.75, 3.05) is 25.2 Å². The number of aryl methyl sites for hydroxylation is 2. The maximum atomic E-state index is 13.1. The van der Waals surface area contributed by atoms with E-state index in [1.54, 1.807) is 7.11 Å². The van der Waals surface area contributed by atoms with Gasteiger partial charge in [0, 0.05) is 31.1 Å². The molecule has 0 unspecified atom stereocenters. The first kappa shape index (κ1) is 23.0. The summed E-state index contributed by atoms with van der Waals surface area (Å²) in [6.07, 6.45) is 2.21. The van der Waals surface area contributed by atoms with Gasteiger partial charge in [0.1, 0.15) is 17.3 Å². The quantitative estimate of drug-likeness (QED) is 0.300. The lowest BCUT2D eigenvalue weighted by Gasteiger charge is -2.20. The standard InChI is InChI=1S/C29H31N3O3/c1-3-21-9-4-6-11-26(21)32-20-22(19-28(32)33)29-30-25-10-5-7-12-27(25)31(29)17-8-18-35-24-15-13-23(34-2)14-16-24/h4-7,9-16,22H,3,8,17-20H2,1-2H3/t22-/m0/s1. The van der Waals surface area contributed by atoms with Crippen molar-refractivity contribution in [2.24, 2.45) is 0 Å². The van der Waals surface area contributed by atoms with E-state index in [1.807, 2.05) is 59.5 Å². The molecule has 0 aliphatic carbocycles. The van der Waals surface area contributed by atoms with Crippen LogP contribution in [0.25, 0.3) is 11.0 Å². The van der Waals surface area contributed by atoms with Gasteiger partial charge in [-0.1, -0.05) is 37.3 Å². The van der Waals surface area contributed by atoms with E-state index in [0.717, 1.165) is 53.4 Å². The number of nitrogens with zero attached hydrogens (tertiary/aromatic N) is 3. The zero-order chi connectivity index (χ0) is 24.2. The predicted octanol–water partition coefficient (Wildman–Crippen LogP) is 5.60. The van der Waals surface area contributed by atoms with Gasteiger partial charge < -0.3 is 18.9 Å². The van der Waals surface area contributed by atoms with Crippen LogP contribution in [0, 0.1) is 0 Å². The monoisotopic (exact) mass is 469 g/mol. The van der Waals surface area contributed by atoms with Crippen LogP contribution < -0.4 is 14.4 Å². The number of aromatic nitrogens is 2. The van der Waals surface area contributed by atoms with Gasteiger partial charge in [-0.3, -0.25) is 4.79 Å². The molecule has 6 heteroatoms. The van der Waals surface area contributed by atoms with E-state index in [4.69, 9.17) is 14.5 Å². The van der Waals surface area contributed by atoms with Crippen LogP contribution in [0.15, 0.2) is 72.8 Å². The number of imidazole rings is 1. The highest BCUT2D eigenvalue weighted by molar-refractivity contribution is 5.97. The smallest absolute Gasteiger partial charge is 0.227 e. The summed E-state index contributed by atoms with van der Waals surface area (Å²) < 4.78 is 13.4. The molecule has 6 nitrogen and oxygen atoms in total. The van der Waals surface area contributed by atoms with Crippen molar-refractivity contribution in [3.8, 4) is 11.5 Å². The van der Waals surface area contributed by atoms with Crippen LogP contribution in [-0.4, -0.2) is 35.7 Å². The van der Waals surface area contributed by atoms with Crippen LogP contribution in [0.2, 0.25) is 0 Å². The van der Waals surface area contributed by atoms with Crippen molar-refractivity contribution in [2.45, 2.75) is 38.6 Å². The summed E-state index contributed by atoms with van der Waals surface area (Å²) in [5.74, 6) is 2.85. The van der Waals surface area contributed by atoms with Gasteiger partial charge in [-0.25, -0.2) is 4.98 Å². The number of para-hydroxylation sites is 3. The molecule has 0 saturated carbocycles. The van der Waals surface area contributed by atoms with Gasteiger partial charge in [0.05, 0.1) is 24.8 Å². The SMILES string of the molecule is CCc1ccccc1N1C[C@@H](c2nc3ccccc3n2CCCOc2ccc(OC)cc2)CC1=O. The van der Waals surface area contributed by atoms with E-state index in [0.29, 0.717) is 19.6 Å². The van der Waals surface area contributed by atoms with Crippen molar-refractivity contribution in [3.63, 3.8) is 0 Å². The number of hydrogen-bond donors (Lipinski definition) is 0. The Hall–Kier alpha value is -3.80. The molecule has 35 heavy (non-hydrogen) atoms. The molecular formula is C29H31N3O3. The minimum Gasteiger partial charge on any atom is -0.497 e. The fourth-order valence-corrected chi connectivity index (χ4v) is 4.91. The Bertz CT molecular complexity index is 1310. The number of benzene rings is 3. The van der Waals surface area contributed by atoms with Gasteiger partial charge in [-0.05, 0) is 60.9 Å². The van der Waals surface area contributed by atoms with Gasteiger partial charge in [0.15, 0.2) is 0 Å². The molecule has 1 fully saturated rings. The average molecular weight is 470 g/mol. The molecule has 4 aromatic rings. The van der Waals surface area contributed by atoms with Gasteiger partial charge in [-0.15, -0.1) is 0 Å². The van der Waals surface area contributed by atoms with Crippen LogP contribution in [0.5, 0.6) is 11.5 Å². The van der Waals surface area contributed by atoms with E-state index in [2.05, 4.69) is 29.7 Å². The minimum atomic E-state index is 0.0577. The summed E-state index contributed by atoms with van der Waals surface area (Å²) in [4.78, 5) is 20.0. The lowest BCUT2D eigenvalue weighted by molar-refractivity contribution is -0.117. The second kappa shape index (κ2) is 10.2. The van der Waals surface area contributed by atoms with Crippen LogP contribution in [0.4, 0.5) is 5.69 Å². The number of methoxy groups -OCH3 is 1. The lowest BCUT2D eigenvalue weighted by atomic mass is 10.1. The summed E-state index contributed by atoms with van der Waals surface area (Å²) in [5.41, 5.74) is 4.30. The first-order chi connectivity index (χ1) is 17.2. The molecular weight excluding hydrogens is 438 g/mol. The lowest BCUT2D eigenvalue weighted by Crippen LogP contribution is -2.25. The molecule has 2 heterocycles. The molecule has 3 aromatic carbocycles. The van der Waals surface area contributed by atoms with Crippen molar-refractivity contribution < 1.29 is 14.3 Å². The van der Waals surface area contributed by atoms with Crippen LogP contribution in [0.3, 0.4) is 0 Å². The summed E-state index contributed by atoms with van der Waals surface area (Å²) in [7, 11) is 1.66. The number of carbonyl (C=O) groups excluding carboxylic acids is 1. The average Bonchev–Trinajstić information content (AvgIpc) is 3.47. The molecule has 1 amide bonds. The Morgan fingerprint density at radius 2 is 1.71 bits per heavy atom. The largest absolute Gasteiger partial charge is 0.497 e. The maximum absolute atomic E-state index is 13.1. The Labute approximate surface area is 206 Å². The highest BCUT2D eigenvalue weighted by Crippen LogP contribution is 2.35. The van der Waals surface area contributed by atoms with Crippen LogP contribution in [-0.2, 0) is 17.8 Å². The Balaban J connectivity index is 1.33. The normalized spacial score (nSPS) is 15.7. The van der Waals surface area contributed by atoms with Gasteiger partial charge >= 0.3 is 0 Å². The van der Waals surface area contributed by atoms with E-state index in [-0.39, 0.29) is 11.8 Å². The zero-order valence-electron chi connectivity index (χ0n) is 20.3. The first-order valence-electron chi connectivity index (χ1n) is 12.3. The highest BCUT2D eigenvalue weighted by atomic mass is 16.5. The third-order valence-corrected chi connectivity index (χ3v) is 6.69. The summed E-state index contributed by atoms with van der Waals surface area (Å²) >= 11 is 0. The molecule has 1 aliphatic heterocycles. The maximum Gasteiger partial charge on any atom is 0.227 e. The molecule has 1 aliphatic rings. The molecule has 0 radical (unpaired) electrons. The molecule has 1 saturated heterocycles. The Kier molecular flexibility index (Phi) is 6.70. The van der Waals surface area contributed by atoms with E-state index >= 15 is 0 Å². The van der Waals surface area contributed by atoms with Gasteiger partial charge in [-0.2, -0.15) is 0 Å². The zero-order valence-corrected chi connectivity index (χ0v) is 20.3. The molecule has 0 spiro atoms. The predicted molar refractivity (Wildman–Crippen MR) is 138 cm³/mol. The first-order valence-corrected chi connectivity index (χ1v) is 12.3. The third kappa shape index (κ3) is 4.74. The Morgan fingerprint density at radius 1 is 0.971 bits per heavy atom. The van der Waals surface area contributed by atoms with Crippen molar-refractivity contribution >= 4 is 22.6 Å². The number of carbonyl (C=O) groups is 1. The highest BCUT2D eigenvalue weighted by Gasteiger charge is 2.35. The van der Waals surface area contributed by atoms with Crippen molar-refractivity contribution in [1.29, 1.82) is 0 Å². The van der Waals surface area contributed by atoms with E-state index in [9.17, 15) is 4.79 Å². The van der Waals surface area contributed by atoms with Gasteiger partial charge in [0.2, 0.25) is 5.91 Å². The van der Waals surface area contributed by atoms with Crippen LogP contribution in [0.1, 0.15) is 37.1 Å². The molecule has 1 atom stereocenters. The number of amides is 1. The topological polar surface area (TPSA) is 56.6 Å². The van der Waals surface area contributed by atoms with Crippen molar-refractivity contribution in [1.82, 2.24) is 9.55 Å². The minimum absolute atomic E-state index is 0.0577. The van der Waals surface area contributed by atoms with E-state index < -0.39 is 0 Å². The molecule has 180 valence electrons. The summed E-state index contributed by atoms with van der Waals surface area (Å²) in [6, 6.07) is 24.1. The van der Waals surface area contributed by atoms with Crippen LogP contribution >= 0.6 is 0 Å².